The van der Waals surface area contributed by atoms with Crippen molar-refractivity contribution in [3.05, 3.63) is 47.5 Å². The zero-order valence-corrected chi connectivity index (χ0v) is 14.3. The van der Waals surface area contributed by atoms with Crippen molar-refractivity contribution < 1.29 is 4.79 Å². The van der Waals surface area contributed by atoms with Crippen LogP contribution in [0.15, 0.2) is 42.0 Å². The molecule has 2 aliphatic rings. The Morgan fingerprint density at radius 1 is 1.08 bits per heavy atom. The molecule has 0 atom stereocenters. The van der Waals surface area contributed by atoms with Crippen molar-refractivity contribution in [3.8, 4) is 0 Å². The van der Waals surface area contributed by atoms with Crippen LogP contribution in [0, 0.1) is 0 Å². The molecule has 5 heteroatoms. The molecule has 0 unspecified atom stereocenters. The van der Waals surface area contributed by atoms with Crippen molar-refractivity contribution in [1.29, 1.82) is 0 Å². The van der Waals surface area contributed by atoms with Gasteiger partial charge >= 0.3 is 0 Å². The van der Waals surface area contributed by atoms with E-state index in [1.165, 1.54) is 11.1 Å². The molecular weight excluding hydrogens is 300 g/mol. The number of hydrogen-bond donors (Lipinski definition) is 2. The Kier molecular flexibility index (Phi) is 6.41. The fourth-order valence-corrected chi connectivity index (χ4v) is 3.25. The molecule has 2 aliphatic heterocycles. The normalized spacial score (nSPS) is 19.8. The van der Waals surface area contributed by atoms with Crippen molar-refractivity contribution in [2.24, 2.45) is 0 Å². The fourth-order valence-electron chi connectivity index (χ4n) is 3.25. The number of rotatable bonds is 6. The molecule has 1 aromatic rings. The molecule has 1 saturated heterocycles. The predicted molar refractivity (Wildman–Crippen MR) is 96.7 cm³/mol. The van der Waals surface area contributed by atoms with Gasteiger partial charge in [0, 0.05) is 45.8 Å². The molecule has 0 aliphatic carbocycles. The number of amides is 1. The van der Waals surface area contributed by atoms with Crippen LogP contribution in [0.25, 0.3) is 0 Å². The summed E-state index contributed by atoms with van der Waals surface area (Å²) in [5.74, 6) is 0.144. The standard InChI is InChI=1S/C19H28N4O/c24-19(21-14-17-6-8-20-9-7-17)16-23-12-10-22(11-13-23)15-18-4-2-1-3-5-18/h1-6,20H,7-16H2,(H,21,24). The molecular formula is C19H28N4O. The zero-order chi connectivity index (χ0) is 16.6. The molecule has 1 amide bonds. The molecule has 0 spiro atoms. The van der Waals surface area contributed by atoms with Gasteiger partial charge in [-0.1, -0.05) is 42.0 Å². The minimum atomic E-state index is 0.144. The fraction of sp³-hybridized carbons (Fsp3) is 0.526. The maximum absolute atomic E-state index is 12.1. The zero-order valence-electron chi connectivity index (χ0n) is 14.3. The van der Waals surface area contributed by atoms with E-state index < -0.39 is 0 Å². The van der Waals surface area contributed by atoms with Crippen LogP contribution < -0.4 is 10.6 Å². The van der Waals surface area contributed by atoms with Crippen LogP contribution in [0.4, 0.5) is 0 Å². The summed E-state index contributed by atoms with van der Waals surface area (Å²) in [6.45, 7) is 8.15. The Bertz CT molecular complexity index is 550. The summed E-state index contributed by atoms with van der Waals surface area (Å²) in [7, 11) is 0. The first-order valence-electron chi connectivity index (χ1n) is 8.93. The Labute approximate surface area is 144 Å². The average Bonchev–Trinajstić information content (AvgIpc) is 2.63. The third kappa shape index (κ3) is 5.44. The van der Waals surface area contributed by atoms with E-state index in [1.54, 1.807) is 0 Å². The van der Waals surface area contributed by atoms with E-state index in [4.69, 9.17) is 0 Å². The van der Waals surface area contributed by atoms with E-state index in [0.717, 1.165) is 52.2 Å². The summed E-state index contributed by atoms with van der Waals surface area (Å²) in [6, 6.07) is 10.6. The molecule has 1 aromatic carbocycles. The second kappa shape index (κ2) is 8.97. The Balaban J connectivity index is 1.34. The van der Waals surface area contributed by atoms with Crippen molar-refractivity contribution >= 4 is 5.91 Å². The van der Waals surface area contributed by atoms with Gasteiger partial charge in [0.2, 0.25) is 5.91 Å². The monoisotopic (exact) mass is 328 g/mol. The lowest BCUT2D eigenvalue weighted by Gasteiger charge is -2.34. The van der Waals surface area contributed by atoms with Gasteiger partial charge in [0.15, 0.2) is 0 Å². The maximum Gasteiger partial charge on any atom is 0.234 e. The first kappa shape index (κ1) is 17.1. The molecule has 0 bridgehead atoms. The summed E-state index contributed by atoms with van der Waals surface area (Å²) in [5.41, 5.74) is 2.70. The molecule has 2 heterocycles. The number of carbonyl (C=O) groups excluding carboxylic acids is 1. The lowest BCUT2D eigenvalue weighted by molar-refractivity contribution is -0.122. The van der Waals surface area contributed by atoms with Gasteiger partial charge in [0.1, 0.15) is 0 Å². The minimum absolute atomic E-state index is 0.144. The highest BCUT2D eigenvalue weighted by atomic mass is 16.2. The second-order valence-electron chi connectivity index (χ2n) is 6.63. The van der Waals surface area contributed by atoms with Gasteiger partial charge in [0.25, 0.3) is 0 Å². The highest BCUT2D eigenvalue weighted by molar-refractivity contribution is 5.78. The Morgan fingerprint density at radius 3 is 2.54 bits per heavy atom. The summed E-state index contributed by atoms with van der Waals surface area (Å²) in [6.07, 6.45) is 3.23. The van der Waals surface area contributed by atoms with E-state index in [9.17, 15) is 4.79 Å². The van der Waals surface area contributed by atoms with Crippen molar-refractivity contribution in [3.63, 3.8) is 0 Å². The van der Waals surface area contributed by atoms with Gasteiger partial charge in [-0.2, -0.15) is 0 Å². The number of carbonyl (C=O) groups is 1. The Hall–Kier alpha value is -1.69. The van der Waals surface area contributed by atoms with Crippen LogP contribution in [0.2, 0.25) is 0 Å². The summed E-state index contributed by atoms with van der Waals surface area (Å²) < 4.78 is 0. The third-order valence-corrected chi connectivity index (χ3v) is 4.75. The van der Waals surface area contributed by atoms with Crippen LogP contribution in [0.1, 0.15) is 12.0 Å². The molecule has 130 valence electrons. The highest BCUT2D eigenvalue weighted by Crippen LogP contribution is 2.08. The molecule has 0 saturated carbocycles. The van der Waals surface area contributed by atoms with Gasteiger partial charge in [-0.15, -0.1) is 0 Å². The molecule has 24 heavy (non-hydrogen) atoms. The van der Waals surface area contributed by atoms with Crippen LogP contribution in [0.3, 0.4) is 0 Å². The lowest BCUT2D eigenvalue weighted by Crippen LogP contribution is -2.49. The van der Waals surface area contributed by atoms with Crippen molar-refractivity contribution in [1.82, 2.24) is 20.4 Å². The van der Waals surface area contributed by atoms with Crippen LogP contribution in [-0.4, -0.2) is 68.1 Å². The largest absolute Gasteiger partial charge is 0.351 e. The van der Waals surface area contributed by atoms with Gasteiger partial charge in [-0.05, 0) is 18.5 Å². The molecule has 1 fully saturated rings. The molecule has 0 radical (unpaired) electrons. The lowest BCUT2D eigenvalue weighted by atomic mass is 10.1. The van der Waals surface area contributed by atoms with Crippen molar-refractivity contribution in [2.45, 2.75) is 13.0 Å². The Morgan fingerprint density at radius 2 is 1.83 bits per heavy atom. The van der Waals surface area contributed by atoms with Crippen LogP contribution in [-0.2, 0) is 11.3 Å². The van der Waals surface area contributed by atoms with E-state index in [0.29, 0.717) is 13.1 Å². The first-order chi connectivity index (χ1) is 11.8. The minimum Gasteiger partial charge on any atom is -0.351 e. The number of nitrogens with zero attached hydrogens (tertiary/aromatic N) is 2. The van der Waals surface area contributed by atoms with Crippen molar-refractivity contribution in [2.75, 3.05) is 52.4 Å². The summed E-state index contributed by atoms with van der Waals surface area (Å²) in [4.78, 5) is 16.8. The average molecular weight is 328 g/mol. The van der Waals surface area contributed by atoms with Gasteiger partial charge in [-0.25, -0.2) is 0 Å². The van der Waals surface area contributed by atoms with Gasteiger partial charge in [-0.3, -0.25) is 14.6 Å². The first-order valence-corrected chi connectivity index (χ1v) is 8.93. The highest BCUT2D eigenvalue weighted by Gasteiger charge is 2.19. The SMILES string of the molecule is O=C(CN1CCN(Cc2ccccc2)CC1)NCC1=CCNCC1. The van der Waals surface area contributed by atoms with E-state index in [-0.39, 0.29) is 5.91 Å². The van der Waals surface area contributed by atoms with E-state index in [2.05, 4.69) is 56.8 Å². The topological polar surface area (TPSA) is 47.6 Å². The van der Waals surface area contributed by atoms with Crippen LogP contribution in [0.5, 0.6) is 0 Å². The predicted octanol–water partition coefficient (Wildman–Crippen LogP) is 0.840. The van der Waals surface area contributed by atoms with Crippen LogP contribution >= 0.6 is 0 Å². The van der Waals surface area contributed by atoms with E-state index in [1.807, 2.05) is 0 Å². The molecule has 5 nitrogen and oxygen atoms in total. The number of hydrogen-bond acceptors (Lipinski definition) is 4. The maximum atomic E-state index is 12.1. The molecule has 0 aromatic heterocycles. The van der Waals surface area contributed by atoms with Gasteiger partial charge < -0.3 is 10.6 Å². The summed E-state index contributed by atoms with van der Waals surface area (Å²) in [5, 5.41) is 6.35. The second-order valence-corrected chi connectivity index (χ2v) is 6.63. The molecule has 3 rings (SSSR count). The third-order valence-electron chi connectivity index (χ3n) is 4.75. The van der Waals surface area contributed by atoms with E-state index >= 15 is 0 Å². The number of benzene rings is 1. The number of nitrogens with one attached hydrogen (secondary N) is 2. The summed E-state index contributed by atoms with van der Waals surface area (Å²) >= 11 is 0. The quantitative estimate of drug-likeness (QED) is 0.760. The molecule has 2 N–H and O–H groups in total. The van der Waals surface area contributed by atoms with Gasteiger partial charge in [0.05, 0.1) is 6.54 Å². The smallest absolute Gasteiger partial charge is 0.234 e. The number of piperazine rings is 1.